The summed E-state index contributed by atoms with van der Waals surface area (Å²) in [6.07, 6.45) is -0.211. The molecule has 24 heavy (non-hydrogen) atoms. The van der Waals surface area contributed by atoms with Gasteiger partial charge in [-0.05, 0) is 23.8 Å². The van der Waals surface area contributed by atoms with Crippen LogP contribution in [0.25, 0.3) is 0 Å². The van der Waals surface area contributed by atoms with E-state index in [0.717, 1.165) is 11.3 Å². The summed E-state index contributed by atoms with van der Waals surface area (Å²) >= 11 is 6.12. The molecule has 0 spiro atoms. The van der Waals surface area contributed by atoms with E-state index < -0.39 is 0 Å². The third-order valence-corrected chi connectivity index (χ3v) is 4.13. The summed E-state index contributed by atoms with van der Waals surface area (Å²) in [5.74, 6) is 1.43. The Morgan fingerprint density at radius 1 is 1.21 bits per heavy atom. The quantitative estimate of drug-likeness (QED) is 0.924. The predicted octanol–water partition coefficient (Wildman–Crippen LogP) is 3.32. The molecular formula is C18H19ClN2O3. The predicted molar refractivity (Wildman–Crippen MR) is 92.7 cm³/mol. The van der Waals surface area contributed by atoms with Gasteiger partial charge in [0.25, 0.3) is 0 Å². The number of urea groups is 1. The van der Waals surface area contributed by atoms with Crippen LogP contribution < -0.4 is 14.8 Å². The number of amides is 2. The van der Waals surface area contributed by atoms with Crippen molar-refractivity contribution in [3.63, 3.8) is 0 Å². The van der Waals surface area contributed by atoms with E-state index in [9.17, 15) is 4.79 Å². The van der Waals surface area contributed by atoms with E-state index in [4.69, 9.17) is 21.1 Å². The van der Waals surface area contributed by atoms with Crippen LogP contribution in [0.4, 0.5) is 4.79 Å². The summed E-state index contributed by atoms with van der Waals surface area (Å²) in [6.45, 7) is 1.22. The van der Waals surface area contributed by atoms with E-state index in [1.54, 1.807) is 11.9 Å². The maximum Gasteiger partial charge on any atom is 0.317 e. The van der Waals surface area contributed by atoms with E-state index >= 15 is 0 Å². The molecule has 2 aromatic carbocycles. The maximum atomic E-state index is 12.2. The largest absolute Gasteiger partial charge is 0.486 e. The van der Waals surface area contributed by atoms with Crippen LogP contribution in [0.5, 0.6) is 11.5 Å². The van der Waals surface area contributed by atoms with Gasteiger partial charge in [0.15, 0.2) is 17.6 Å². The lowest BCUT2D eigenvalue weighted by Crippen LogP contribution is -2.44. The number of hydrogen-bond acceptors (Lipinski definition) is 3. The first-order valence-corrected chi connectivity index (χ1v) is 8.12. The monoisotopic (exact) mass is 346 g/mol. The van der Waals surface area contributed by atoms with Crippen molar-refractivity contribution in [1.29, 1.82) is 0 Å². The zero-order valence-electron chi connectivity index (χ0n) is 13.4. The number of ether oxygens (including phenoxy) is 2. The molecule has 0 aromatic heterocycles. The van der Waals surface area contributed by atoms with Crippen LogP contribution in [0.1, 0.15) is 5.56 Å². The Morgan fingerprint density at radius 3 is 2.71 bits per heavy atom. The van der Waals surface area contributed by atoms with E-state index in [1.165, 1.54) is 0 Å². The zero-order valence-corrected chi connectivity index (χ0v) is 14.1. The van der Waals surface area contributed by atoms with E-state index in [2.05, 4.69) is 5.32 Å². The Bertz CT molecular complexity index is 723. The minimum absolute atomic E-state index is 0.183. The molecule has 0 fully saturated rings. The molecule has 0 radical (unpaired) electrons. The van der Waals surface area contributed by atoms with Gasteiger partial charge >= 0.3 is 6.03 Å². The van der Waals surface area contributed by atoms with Crippen molar-refractivity contribution in [2.75, 3.05) is 20.2 Å². The average Bonchev–Trinajstić information content (AvgIpc) is 2.61. The van der Waals surface area contributed by atoms with Crippen LogP contribution >= 0.6 is 11.6 Å². The Balaban J connectivity index is 1.50. The van der Waals surface area contributed by atoms with Gasteiger partial charge in [-0.25, -0.2) is 4.79 Å². The maximum absolute atomic E-state index is 12.2. The van der Waals surface area contributed by atoms with Crippen molar-refractivity contribution in [3.05, 3.63) is 59.1 Å². The second-order valence-corrected chi connectivity index (χ2v) is 6.04. The highest BCUT2D eigenvalue weighted by Gasteiger charge is 2.21. The first-order chi connectivity index (χ1) is 11.6. The molecule has 0 unspecified atom stereocenters. The van der Waals surface area contributed by atoms with Crippen molar-refractivity contribution < 1.29 is 14.3 Å². The lowest BCUT2D eigenvalue weighted by atomic mass is 10.2. The first kappa shape index (κ1) is 16.5. The zero-order chi connectivity index (χ0) is 16.9. The van der Waals surface area contributed by atoms with Gasteiger partial charge in [-0.3, -0.25) is 0 Å². The molecule has 1 N–H and O–H groups in total. The van der Waals surface area contributed by atoms with Gasteiger partial charge in [0.2, 0.25) is 0 Å². The van der Waals surface area contributed by atoms with E-state index in [-0.39, 0.29) is 12.1 Å². The summed E-state index contributed by atoms with van der Waals surface area (Å²) in [5, 5.41) is 3.51. The van der Waals surface area contributed by atoms with Crippen molar-refractivity contribution in [3.8, 4) is 11.5 Å². The number of hydrogen-bond donors (Lipinski definition) is 1. The number of nitrogens with one attached hydrogen (secondary N) is 1. The number of halogens is 1. The van der Waals surface area contributed by atoms with Gasteiger partial charge in [-0.2, -0.15) is 0 Å². The molecule has 2 amide bonds. The number of fused-ring (bicyclic) bond motifs is 1. The summed E-state index contributed by atoms with van der Waals surface area (Å²) < 4.78 is 11.5. The Kier molecular flexibility index (Phi) is 5.11. The standard InChI is InChI=1S/C18H19ClN2O3/c1-21(11-13-6-2-3-7-15(13)19)18(22)20-10-14-12-23-16-8-4-5-9-17(16)24-14/h2-9,14H,10-12H2,1H3,(H,20,22)/t14-/m1/s1. The molecule has 2 aromatic rings. The van der Waals surface area contributed by atoms with Crippen LogP contribution in [-0.2, 0) is 6.54 Å². The molecule has 0 saturated heterocycles. The highest BCUT2D eigenvalue weighted by molar-refractivity contribution is 6.31. The summed E-state index contributed by atoms with van der Waals surface area (Å²) in [4.78, 5) is 13.8. The van der Waals surface area contributed by atoms with Gasteiger partial charge in [0.05, 0.1) is 6.54 Å². The van der Waals surface area contributed by atoms with Gasteiger partial charge in [0, 0.05) is 18.6 Å². The van der Waals surface area contributed by atoms with Crippen molar-refractivity contribution >= 4 is 17.6 Å². The van der Waals surface area contributed by atoms with Crippen molar-refractivity contribution in [2.45, 2.75) is 12.6 Å². The molecule has 1 heterocycles. The molecule has 3 rings (SSSR count). The Morgan fingerprint density at radius 2 is 1.92 bits per heavy atom. The fraction of sp³-hybridized carbons (Fsp3) is 0.278. The van der Waals surface area contributed by atoms with Gasteiger partial charge in [-0.1, -0.05) is 41.9 Å². The molecule has 1 aliphatic heterocycles. The minimum Gasteiger partial charge on any atom is -0.486 e. The SMILES string of the molecule is CN(Cc1ccccc1Cl)C(=O)NC[C@@H]1COc2ccccc2O1. The van der Waals surface area contributed by atoms with Crippen LogP contribution in [-0.4, -0.2) is 37.2 Å². The highest BCUT2D eigenvalue weighted by atomic mass is 35.5. The molecular weight excluding hydrogens is 328 g/mol. The van der Waals surface area contributed by atoms with Gasteiger partial charge < -0.3 is 19.7 Å². The topological polar surface area (TPSA) is 50.8 Å². The minimum atomic E-state index is -0.211. The third-order valence-electron chi connectivity index (χ3n) is 3.76. The summed E-state index contributed by atoms with van der Waals surface area (Å²) in [5.41, 5.74) is 0.906. The smallest absolute Gasteiger partial charge is 0.317 e. The summed E-state index contributed by atoms with van der Waals surface area (Å²) in [6, 6.07) is 14.8. The van der Waals surface area contributed by atoms with E-state index in [0.29, 0.717) is 30.5 Å². The first-order valence-electron chi connectivity index (χ1n) is 7.74. The highest BCUT2D eigenvalue weighted by Crippen LogP contribution is 2.30. The molecule has 0 bridgehead atoms. The fourth-order valence-corrected chi connectivity index (χ4v) is 2.65. The van der Waals surface area contributed by atoms with E-state index in [1.807, 2.05) is 48.5 Å². The third kappa shape index (κ3) is 3.92. The number of rotatable bonds is 4. The molecule has 6 heteroatoms. The second-order valence-electron chi connectivity index (χ2n) is 5.63. The summed E-state index contributed by atoms with van der Waals surface area (Å²) in [7, 11) is 1.73. The molecule has 0 saturated carbocycles. The normalized spacial score (nSPS) is 15.7. The van der Waals surface area contributed by atoms with Gasteiger partial charge in [0.1, 0.15) is 6.61 Å². The Labute approximate surface area is 146 Å². The molecule has 5 nitrogen and oxygen atoms in total. The number of carbonyl (C=O) groups is 1. The van der Waals surface area contributed by atoms with Crippen LogP contribution in [0.3, 0.4) is 0 Å². The Hall–Kier alpha value is -2.40. The average molecular weight is 347 g/mol. The van der Waals surface area contributed by atoms with Crippen molar-refractivity contribution in [2.24, 2.45) is 0 Å². The lowest BCUT2D eigenvalue weighted by molar-refractivity contribution is 0.0904. The number of para-hydroxylation sites is 2. The number of benzene rings is 2. The van der Waals surface area contributed by atoms with Crippen LogP contribution in [0, 0.1) is 0 Å². The van der Waals surface area contributed by atoms with Crippen LogP contribution in [0.15, 0.2) is 48.5 Å². The lowest BCUT2D eigenvalue weighted by Gasteiger charge is -2.27. The molecule has 1 aliphatic rings. The van der Waals surface area contributed by atoms with Gasteiger partial charge in [-0.15, -0.1) is 0 Å². The number of nitrogens with zero attached hydrogens (tertiary/aromatic N) is 1. The molecule has 126 valence electrons. The molecule has 1 atom stereocenters. The fourth-order valence-electron chi connectivity index (χ4n) is 2.45. The number of carbonyl (C=O) groups excluding carboxylic acids is 1. The van der Waals surface area contributed by atoms with Crippen molar-refractivity contribution in [1.82, 2.24) is 10.2 Å². The second kappa shape index (κ2) is 7.45. The van der Waals surface area contributed by atoms with Crippen LogP contribution in [0.2, 0.25) is 5.02 Å². The molecule has 0 aliphatic carbocycles.